The molecule has 0 aliphatic carbocycles. The van der Waals surface area contributed by atoms with Gasteiger partial charge in [0.15, 0.2) is 0 Å². The third-order valence-corrected chi connectivity index (χ3v) is 4.99. The number of fused-ring (bicyclic) bond motifs is 1. The van der Waals surface area contributed by atoms with E-state index in [0.717, 1.165) is 6.04 Å². The van der Waals surface area contributed by atoms with Gasteiger partial charge in [-0.2, -0.15) is 0 Å². The quantitative estimate of drug-likeness (QED) is 0.590. The Kier molecular flexibility index (Phi) is 5.33. The minimum atomic E-state index is 0.585. The molecule has 0 spiro atoms. The van der Waals surface area contributed by atoms with Crippen LogP contribution in [-0.2, 0) is 11.3 Å². The largest absolute Gasteiger partial charge is 0.497 e. The standard InChI is InChI=1S/C20H27NO/c1-2-7-18-14-20-10-6-12-21(20)15-19(18)11-13-22-16-17-8-4-3-5-9-17/h2-5,7-9,11,13,18-20H,6,10,12,14-16H2,1H3/b7-2-,13-11+/t18-,19-,20+/m0/s1. The molecule has 2 saturated heterocycles. The number of rotatable bonds is 5. The molecule has 3 rings (SSSR count). The van der Waals surface area contributed by atoms with Gasteiger partial charge in [0, 0.05) is 12.6 Å². The molecular weight excluding hydrogens is 270 g/mol. The highest BCUT2D eigenvalue weighted by atomic mass is 16.5. The monoisotopic (exact) mass is 297 g/mol. The number of hydrogen-bond donors (Lipinski definition) is 0. The van der Waals surface area contributed by atoms with Crippen molar-refractivity contribution in [1.82, 2.24) is 4.90 Å². The van der Waals surface area contributed by atoms with Crippen molar-refractivity contribution >= 4 is 0 Å². The Hall–Kier alpha value is -1.54. The zero-order valence-corrected chi connectivity index (χ0v) is 13.5. The summed E-state index contributed by atoms with van der Waals surface area (Å²) in [6.07, 6.45) is 12.9. The van der Waals surface area contributed by atoms with Gasteiger partial charge in [0.1, 0.15) is 6.61 Å². The van der Waals surface area contributed by atoms with Gasteiger partial charge in [0.05, 0.1) is 6.26 Å². The Morgan fingerprint density at radius 2 is 2.05 bits per heavy atom. The molecule has 118 valence electrons. The van der Waals surface area contributed by atoms with Crippen molar-refractivity contribution in [3.63, 3.8) is 0 Å². The molecule has 2 nitrogen and oxygen atoms in total. The van der Waals surface area contributed by atoms with Crippen LogP contribution in [0.3, 0.4) is 0 Å². The molecule has 0 N–H and O–H groups in total. The van der Waals surface area contributed by atoms with Crippen molar-refractivity contribution in [2.45, 2.75) is 38.8 Å². The van der Waals surface area contributed by atoms with E-state index >= 15 is 0 Å². The second-order valence-electron chi connectivity index (χ2n) is 6.51. The van der Waals surface area contributed by atoms with E-state index in [0.29, 0.717) is 18.4 Å². The topological polar surface area (TPSA) is 12.5 Å². The molecule has 2 fully saturated rings. The summed E-state index contributed by atoms with van der Waals surface area (Å²) in [6, 6.07) is 11.2. The van der Waals surface area contributed by atoms with Crippen LogP contribution in [0.5, 0.6) is 0 Å². The van der Waals surface area contributed by atoms with E-state index in [1.165, 1.54) is 37.9 Å². The summed E-state index contributed by atoms with van der Waals surface area (Å²) in [5.41, 5.74) is 1.22. The predicted octanol–water partition coefficient (Wildman–Crippen LogP) is 4.39. The van der Waals surface area contributed by atoms with Crippen LogP contribution in [-0.4, -0.2) is 24.0 Å². The van der Waals surface area contributed by atoms with E-state index in [1.54, 1.807) is 0 Å². The molecule has 2 aliphatic heterocycles. The third kappa shape index (κ3) is 3.80. The average molecular weight is 297 g/mol. The van der Waals surface area contributed by atoms with Crippen LogP contribution in [0, 0.1) is 11.8 Å². The molecular formula is C20H27NO. The summed E-state index contributed by atoms with van der Waals surface area (Å²) in [6.45, 7) is 5.26. The molecule has 0 unspecified atom stereocenters. The van der Waals surface area contributed by atoms with Crippen LogP contribution in [0.2, 0.25) is 0 Å². The highest BCUT2D eigenvalue weighted by molar-refractivity contribution is 5.13. The summed E-state index contributed by atoms with van der Waals surface area (Å²) in [4.78, 5) is 2.67. The van der Waals surface area contributed by atoms with Gasteiger partial charge in [-0.1, -0.05) is 42.5 Å². The minimum absolute atomic E-state index is 0.585. The van der Waals surface area contributed by atoms with Crippen molar-refractivity contribution in [2.24, 2.45) is 11.8 Å². The Balaban J connectivity index is 1.55. The Bertz CT molecular complexity index is 508. The molecule has 0 aromatic heterocycles. The summed E-state index contributed by atoms with van der Waals surface area (Å²) in [5, 5.41) is 0. The molecule has 1 aromatic carbocycles. The molecule has 22 heavy (non-hydrogen) atoms. The molecule has 2 heterocycles. The van der Waals surface area contributed by atoms with E-state index in [1.807, 2.05) is 12.3 Å². The van der Waals surface area contributed by atoms with Gasteiger partial charge in [0.2, 0.25) is 0 Å². The molecule has 0 bridgehead atoms. The lowest BCUT2D eigenvalue weighted by Gasteiger charge is -2.38. The molecule has 0 saturated carbocycles. The number of piperidine rings is 1. The number of nitrogens with zero attached hydrogens (tertiary/aromatic N) is 1. The fourth-order valence-electron chi connectivity index (χ4n) is 3.84. The van der Waals surface area contributed by atoms with Gasteiger partial charge in [-0.15, -0.1) is 0 Å². The normalized spacial score (nSPS) is 29.2. The maximum Gasteiger partial charge on any atom is 0.112 e. The Morgan fingerprint density at radius 3 is 2.86 bits per heavy atom. The SMILES string of the molecule is C/C=C\[C@H]1C[C@H]2CCCN2C[C@@H]1/C=C/OCc1ccccc1. The van der Waals surface area contributed by atoms with Crippen LogP contribution < -0.4 is 0 Å². The Labute approximate surface area is 134 Å². The highest BCUT2D eigenvalue weighted by Gasteiger charge is 2.35. The first-order valence-corrected chi connectivity index (χ1v) is 8.56. The van der Waals surface area contributed by atoms with Crippen molar-refractivity contribution in [1.29, 1.82) is 0 Å². The van der Waals surface area contributed by atoms with E-state index in [2.05, 4.69) is 54.3 Å². The van der Waals surface area contributed by atoms with Crippen LogP contribution in [0.15, 0.2) is 54.8 Å². The fourth-order valence-corrected chi connectivity index (χ4v) is 3.84. The lowest BCUT2D eigenvalue weighted by atomic mass is 9.82. The van der Waals surface area contributed by atoms with Gasteiger partial charge >= 0.3 is 0 Å². The highest BCUT2D eigenvalue weighted by Crippen LogP contribution is 2.35. The summed E-state index contributed by atoms with van der Waals surface area (Å²) in [5.74, 6) is 1.25. The van der Waals surface area contributed by atoms with Gasteiger partial charge in [0.25, 0.3) is 0 Å². The van der Waals surface area contributed by atoms with Gasteiger partial charge in [-0.3, -0.25) is 4.90 Å². The lowest BCUT2D eigenvalue weighted by Crippen LogP contribution is -2.42. The van der Waals surface area contributed by atoms with Crippen LogP contribution in [0.1, 0.15) is 31.7 Å². The molecule has 2 aliphatic rings. The van der Waals surface area contributed by atoms with E-state index in [-0.39, 0.29) is 0 Å². The maximum absolute atomic E-state index is 5.74. The summed E-state index contributed by atoms with van der Waals surface area (Å²) in [7, 11) is 0. The van der Waals surface area contributed by atoms with E-state index in [9.17, 15) is 0 Å². The zero-order valence-electron chi connectivity index (χ0n) is 13.5. The predicted molar refractivity (Wildman–Crippen MR) is 91.4 cm³/mol. The third-order valence-electron chi connectivity index (χ3n) is 4.99. The fraction of sp³-hybridized carbons (Fsp3) is 0.500. The summed E-state index contributed by atoms with van der Waals surface area (Å²) < 4.78 is 5.74. The van der Waals surface area contributed by atoms with Crippen LogP contribution >= 0.6 is 0 Å². The number of allylic oxidation sites excluding steroid dienone is 2. The van der Waals surface area contributed by atoms with Crippen molar-refractivity contribution < 1.29 is 4.74 Å². The van der Waals surface area contributed by atoms with Gasteiger partial charge < -0.3 is 4.74 Å². The lowest BCUT2D eigenvalue weighted by molar-refractivity contribution is 0.133. The maximum atomic E-state index is 5.74. The minimum Gasteiger partial charge on any atom is -0.497 e. The molecule has 2 heteroatoms. The Morgan fingerprint density at radius 1 is 1.18 bits per heavy atom. The van der Waals surface area contributed by atoms with E-state index < -0.39 is 0 Å². The average Bonchev–Trinajstić information content (AvgIpc) is 3.00. The first-order chi connectivity index (χ1) is 10.9. The first kappa shape index (κ1) is 15.4. The zero-order chi connectivity index (χ0) is 15.2. The van der Waals surface area contributed by atoms with Crippen LogP contribution in [0.25, 0.3) is 0 Å². The number of benzene rings is 1. The van der Waals surface area contributed by atoms with Gasteiger partial charge in [-0.05, 0) is 56.2 Å². The second kappa shape index (κ2) is 7.64. The summed E-state index contributed by atoms with van der Waals surface area (Å²) >= 11 is 0. The molecule has 0 radical (unpaired) electrons. The van der Waals surface area contributed by atoms with E-state index in [4.69, 9.17) is 4.74 Å². The van der Waals surface area contributed by atoms with Crippen molar-refractivity contribution in [3.05, 3.63) is 60.4 Å². The smallest absolute Gasteiger partial charge is 0.112 e. The van der Waals surface area contributed by atoms with Crippen molar-refractivity contribution in [2.75, 3.05) is 13.1 Å². The van der Waals surface area contributed by atoms with Crippen LogP contribution in [0.4, 0.5) is 0 Å². The van der Waals surface area contributed by atoms with Crippen molar-refractivity contribution in [3.8, 4) is 0 Å². The molecule has 1 aromatic rings. The molecule has 3 atom stereocenters. The number of ether oxygens (including phenoxy) is 1. The first-order valence-electron chi connectivity index (χ1n) is 8.56. The molecule has 0 amide bonds. The second-order valence-corrected chi connectivity index (χ2v) is 6.51. The number of hydrogen-bond acceptors (Lipinski definition) is 2. The van der Waals surface area contributed by atoms with Gasteiger partial charge in [-0.25, -0.2) is 0 Å².